The standard InChI is InChI=1S/C11H14N4O2/c1-7(8(2)15-17)13-14-11(16)9-5-3-4-6-10(9)12/h3-6,17H,12H2,1-2H3,(H,14,16). The summed E-state index contributed by atoms with van der Waals surface area (Å²) in [7, 11) is 0. The smallest absolute Gasteiger partial charge is 0.273 e. The zero-order valence-electron chi connectivity index (χ0n) is 9.64. The number of nitrogens with two attached hydrogens (primary N) is 1. The van der Waals surface area contributed by atoms with Gasteiger partial charge in [0.25, 0.3) is 5.91 Å². The van der Waals surface area contributed by atoms with Gasteiger partial charge in [-0.15, -0.1) is 0 Å². The summed E-state index contributed by atoms with van der Waals surface area (Å²) in [5, 5.41) is 15.3. The van der Waals surface area contributed by atoms with Crippen molar-refractivity contribution in [3.8, 4) is 0 Å². The van der Waals surface area contributed by atoms with Crippen LogP contribution in [0.25, 0.3) is 0 Å². The van der Waals surface area contributed by atoms with Crippen molar-refractivity contribution in [2.24, 2.45) is 10.3 Å². The van der Waals surface area contributed by atoms with Gasteiger partial charge in [0.2, 0.25) is 0 Å². The molecule has 0 saturated carbocycles. The zero-order chi connectivity index (χ0) is 12.8. The van der Waals surface area contributed by atoms with E-state index in [1.807, 2.05) is 0 Å². The number of hydrazone groups is 1. The van der Waals surface area contributed by atoms with Crippen molar-refractivity contribution >= 4 is 23.0 Å². The van der Waals surface area contributed by atoms with Crippen molar-refractivity contribution in [2.45, 2.75) is 13.8 Å². The van der Waals surface area contributed by atoms with E-state index in [9.17, 15) is 4.79 Å². The molecule has 90 valence electrons. The minimum atomic E-state index is -0.409. The number of nitrogens with one attached hydrogen (secondary N) is 1. The molecule has 0 aliphatic carbocycles. The van der Waals surface area contributed by atoms with Crippen molar-refractivity contribution in [1.82, 2.24) is 5.43 Å². The summed E-state index contributed by atoms with van der Waals surface area (Å²) in [6.45, 7) is 3.19. The molecule has 0 bridgehead atoms. The number of carbonyl (C=O) groups excluding carboxylic acids is 1. The van der Waals surface area contributed by atoms with E-state index in [1.165, 1.54) is 0 Å². The first kappa shape index (κ1) is 12.7. The average Bonchev–Trinajstić information content (AvgIpc) is 2.35. The minimum Gasteiger partial charge on any atom is -0.411 e. The fraction of sp³-hybridized carbons (Fsp3) is 0.182. The topological polar surface area (TPSA) is 100 Å². The fourth-order valence-electron chi connectivity index (χ4n) is 1.05. The Balaban J connectivity index is 2.78. The van der Waals surface area contributed by atoms with Crippen LogP contribution in [-0.2, 0) is 0 Å². The molecule has 0 heterocycles. The zero-order valence-corrected chi connectivity index (χ0v) is 9.64. The highest BCUT2D eigenvalue weighted by Gasteiger charge is 2.07. The first-order valence-electron chi connectivity index (χ1n) is 4.94. The van der Waals surface area contributed by atoms with Crippen molar-refractivity contribution in [3.63, 3.8) is 0 Å². The van der Waals surface area contributed by atoms with Gasteiger partial charge < -0.3 is 10.9 Å². The van der Waals surface area contributed by atoms with Gasteiger partial charge in [0, 0.05) is 5.69 Å². The summed E-state index contributed by atoms with van der Waals surface area (Å²) < 4.78 is 0. The Kier molecular flexibility index (Phi) is 4.21. The number of hydrogen-bond acceptors (Lipinski definition) is 5. The van der Waals surface area contributed by atoms with Gasteiger partial charge in [0.15, 0.2) is 0 Å². The molecule has 0 radical (unpaired) electrons. The summed E-state index contributed by atoms with van der Waals surface area (Å²) in [5.74, 6) is -0.409. The van der Waals surface area contributed by atoms with Crippen LogP contribution in [0.3, 0.4) is 0 Å². The van der Waals surface area contributed by atoms with E-state index in [-0.39, 0.29) is 0 Å². The quantitative estimate of drug-likeness (QED) is 0.317. The molecule has 4 N–H and O–H groups in total. The fourth-order valence-corrected chi connectivity index (χ4v) is 1.05. The predicted octanol–water partition coefficient (Wildman–Crippen LogP) is 1.22. The van der Waals surface area contributed by atoms with Crippen molar-refractivity contribution in [1.29, 1.82) is 0 Å². The van der Waals surface area contributed by atoms with Crippen LogP contribution in [0.5, 0.6) is 0 Å². The van der Waals surface area contributed by atoms with E-state index in [2.05, 4.69) is 15.7 Å². The predicted molar refractivity (Wildman–Crippen MR) is 66.3 cm³/mol. The summed E-state index contributed by atoms with van der Waals surface area (Å²) in [4.78, 5) is 11.7. The number of nitrogens with zero attached hydrogens (tertiary/aromatic N) is 2. The minimum absolute atomic E-state index is 0.325. The van der Waals surface area contributed by atoms with Gasteiger partial charge >= 0.3 is 0 Å². The average molecular weight is 234 g/mol. The number of para-hydroxylation sites is 1. The van der Waals surface area contributed by atoms with E-state index in [0.29, 0.717) is 22.7 Å². The molecule has 1 aromatic carbocycles. The number of amides is 1. The molecule has 0 aliphatic rings. The third-order valence-corrected chi connectivity index (χ3v) is 2.20. The second-order valence-corrected chi connectivity index (χ2v) is 3.41. The second-order valence-electron chi connectivity index (χ2n) is 3.41. The molecule has 17 heavy (non-hydrogen) atoms. The highest BCUT2D eigenvalue weighted by molar-refractivity contribution is 6.40. The van der Waals surface area contributed by atoms with Gasteiger partial charge in [-0.2, -0.15) is 5.10 Å². The number of oxime groups is 1. The SMILES string of the molecule is CC(=NO)C(C)=NNC(=O)c1ccccc1N. The van der Waals surface area contributed by atoms with Gasteiger partial charge in [-0.25, -0.2) is 5.43 Å². The maximum atomic E-state index is 11.7. The Morgan fingerprint density at radius 3 is 2.53 bits per heavy atom. The van der Waals surface area contributed by atoms with E-state index in [1.54, 1.807) is 38.1 Å². The molecule has 0 aliphatic heterocycles. The van der Waals surface area contributed by atoms with Crippen molar-refractivity contribution in [2.75, 3.05) is 5.73 Å². The Bertz CT molecular complexity index is 480. The lowest BCUT2D eigenvalue weighted by atomic mass is 10.2. The number of hydrogen-bond donors (Lipinski definition) is 3. The number of rotatable bonds is 3. The molecule has 0 atom stereocenters. The maximum absolute atomic E-state index is 11.7. The molecule has 0 aromatic heterocycles. The van der Waals surface area contributed by atoms with Gasteiger partial charge in [-0.05, 0) is 26.0 Å². The molecule has 1 rings (SSSR count). The molecular formula is C11H14N4O2. The van der Waals surface area contributed by atoms with Crippen molar-refractivity contribution < 1.29 is 10.0 Å². The van der Waals surface area contributed by atoms with Gasteiger partial charge in [0.05, 0.1) is 17.0 Å². The molecule has 0 spiro atoms. The van der Waals surface area contributed by atoms with Gasteiger partial charge in [0.1, 0.15) is 0 Å². The Morgan fingerprint density at radius 2 is 1.94 bits per heavy atom. The van der Waals surface area contributed by atoms with Crippen LogP contribution in [0.1, 0.15) is 24.2 Å². The summed E-state index contributed by atoms with van der Waals surface area (Å²) in [6, 6.07) is 6.68. The summed E-state index contributed by atoms with van der Waals surface area (Å²) >= 11 is 0. The maximum Gasteiger partial charge on any atom is 0.273 e. The van der Waals surface area contributed by atoms with E-state index >= 15 is 0 Å². The van der Waals surface area contributed by atoms with Crippen LogP contribution in [0.15, 0.2) is 34.5 Å². The highest BCUT2D eigenvalue weighted by Crippen LogP contribution is 2.09. The Morgan fingerprint density at radius 1 is 1.29 bits per heavy atom. The molecule has 0 saturated heterocycles. The first-order valence-corrected chi connectivity index (χ1v) is 4.94. The van der Waals surface area contributed by atoms with Crippen molar-refractivity contribution in [3.05, 3.63) is 29.8 Å². The number of nitrogen functional groups attached to an aromatic ring is 1. The highest BCUT2D eigenvalue weighted by atomic mass is 16.4. The molecule has 0 fully saturated rings. The number of benzene rings is 1. The number of carbonyl (C=O) groups is 1. The van der Waals surface area contributed by atoms with Crippen LogP contribution >= 0.6 is 0 Å². The molecule has 1 amide bonds. The lowest BCUT2D eigenvalue weighted by molar-refractivity contribution is 0.0956. The largest absolute Gasteiger partial charge is 0.411 e. The summed E-state index contributed by atoms with van der Waals surface area (Å²) in [5.41, 5.74) is 9.44. The Labute approximate surface area is 98.8 Å². The monoisotopic (exact) mass is 234 g/mol. The van der Waals surface area contributed by atoms with Crippen LogP contribution in [0.2, 0.25) is 0 Å². The first-order chi connectivity index (χ1) is 8.06. The molecule has 0 unspecified atom stereocenters. The van der Waals surface area contributed by atoms with Crippen LogP contribution in [0.4, 0.5) is 5.69 Å². The number of anilines is 1. The van der Waals surface area contributed by atoms with Gasteiger partial charge in [-0.1, -0.05) is 17.3 Å². The van der Waals surface area contributed by atoms with Gasteiger partial charge in [-0.3, -0.25) is 4.79 Å². The third kappa shape index (κ3) is 3.30. The normalized spacial score (nSPS) is 12.4. The summed E-state index contributed by atoms with van der Waals surface area (Å²) in [6.07, 6.45) is 0. The molecule has 1 aromatic rings. The van der Waals surface area contributed by atoms with Crippen LogP contribution in [-0.4, -0.2) is 22.5 Å². The lowest BCUT2D eigenvalue weighted by Gasteiger charge is -2.04. The molecular weight excluding hydrogens is 220 g/mol. The second kappa shape index (κ2) is 5.64. The van der Waals surface area contributed by atoms with Crippen LogP contribution < -0.4 is 11.2 Å². The Hall–Kier alpha value is -2.37. The molecule has 6 nitrogen and oxygen atoms in total. The molecule has 6 heteroatoms. The van der Waals surface area contributed by atoms with E-state index in [4.69, 9.17) is 10.9 Å². The van der Waals surface area contributed by atoms with Crippen LogP contribution in [0, 0.1) is 0 Å². The van der Waals surface area contributed by atoms with E-state index < -0.39 is 5.91 Å². The third-order valence-electron chi connectivity index (χ3n) is 2.20. The van der Waals surface area contributed by atoms with E-state index in [0.717, 1.165) is 0 Å². The lowest BCUT2D eigenvalue weighted by Crippen LogP contribution is -2.22.